The van der Waals surface area contributed by atoms with Gasteiger partial charge in [0.1, 0.15) is 5.75 Å². The molecule has 0 aliphatic rings. The Labute approximate surface area is 158 Å². The van der Waals surface area contributed by atoms with Crippen LogP contribution in [0.25, 0.3) is 28.5 Å². The average molecular weight is 356 g/mol. The molecule has 0 amide bonds. The molecular weight excluding hydrogens is 336 g/mol. The highest BCUT2D eigenvalue weighted by molar-refractivity contribution is 5.68. The SMILES string of the molecule is COc1ccc(-n2c(-c3ccc(N)cc3)nnc2-c2cccc(C)c2)cc1. The Kier molecular flexibility index (Phi) is 4.34. The summed E-state index contributed by atoms with van der Waals surface area (Å²) < 4.78 is 7.35. The molecule has 1 heterocycles. The zero-order valence-corrected chi connectivity index (χ0v) is 15.3. The van der Waals surface area contributed by atoms with Gasteiger partial charge in [-0.05, 0) is 61.5 Å². The number of nitrogens with two attached hydrogens (primary N) is 1. The van der Waals surface area contributed by atoms with Crippen LogP contribution < -0.4 is 10.5 Å². The molecule has 0 saturated heterocycles. The molecule has 4 aromatic rings. The second-order valence-electron chi connectivity index (χ2n) is 6.37. The lowest BCUT2D eigenvalue weighted by atomic mass is 10.1. The zero-order chi connectivity index (χ0) is 18.8. The van der Waals surface area contributed by atoms with Crippen molar-refractivity contribution in [3.8, 4) is 34.2 Å². The van der Waals surface area contributed by atoms with E-state index in [1.807, 2.05) is 60.7 Å². The first-order valence-electron chi connectivity index (χ1n) is 8.68. The van der Waals surface area contributed by atoms with Crippen molar-refractivity contribution in [3.05, 3.63) is 78.4 Å². The van der Waals surface area contributed by atoms with Crippen LogP contribution in [0.3, 0.4) is 0 Å². The van der Waals surface area contributed by atoms with Crippen LogP contribution in [0.4, 0.5) is 5.69 Å². The fourth-order valence-electron chi connectivity index (χ4n) is 3.05. The van der Waals surface area contributed by atoms with Crippen LogP contribution in [0.15, 0.2) is 72.8 Å². The van der Waals surface area contributed by atoms with Crippen molar-refractivity contribution in [1.82, 2.24) is 14.8 Å². The van der Waals surface area contributed by atoms with Crippen molar-refractivity contribution in [3.63, 3.8) is 0 Å². The van der Waals surface area contributed by atoms with Gasteiger partial charge in [-0.1, -0.05) is 23.8 Å². The molecule has 134 valence electrons. The van der Waals surface area contributed by atoms with E-state index in [1.165, 1.54) is 5.56 Å². The first kappa shape index (κ1) is 16.8. The molecule has 5 nitrogen and oxygen atoms in total. The molecule has 0 bridgehead atoms. The molecule has 1 aromatic heterocycles. The summed E-state index contributed by atoms with van der Waals surface area (Å²) in [5, 5.41) is 8.98. The van der Waals surface area contributed by atoms with Gasteiger partial charge in [0.05, 0.1) is 7.11 Å². The Balaban J connectivity index is 1.93. The van der Waals surface area contributed by atoms with Crippen LogP contribution in [0, 0.1) is 6.92 Å². The largest absolute Gasteiger partial charge is 0.497 e. The zero-order valence-electron chi connectivity index (χ0n) is 15.3. The van der Waals surface area contributed by atoms with E-state index < -0.39 is 0 Å². The highest BCUT2D eigenvalue weighted by Gasteiger charge is 2.17. The van der Waals surface area contributed by atoms with Crippen molar-refractivity contribution in [2.24, 2.45) is 0 Å². The number of ether oxygens (including phenoxy) is 1. The van der Waals surface area contributed by atoms with Gasteiger partial charge in [-0.25, -0.2) is 0 Å². The van der Waals surface area contributed by atoms with Crippen LogP contribution in [-0.2, 0) is 0 Å². The first-order chi connectivity index (χ1) is 13.2. The Morgan fingerprint density at radius 1 is 0.815 bits per heavy atom. The van der Waals surface area contributed by atoms with Gasteiger partial charge >= 0.3 is 0 Å². The summed E-state index contributed by atoms with van der Waals surface area (Å²) in [4.78, 5) is 0. The number of aryl methyl sites for hydroxylation is 1. The van der Waals surface area contributed by atoms with E-state index in [9.17, 15) is 0 Å². The van der Waals surface area contributed by atoms with Crippen LogP contribution in [0.5, 0.6) is 5.75 Å². The second-order valence-corrected chi connectivity index (χ2v) is 6.37. The van der Waals surface area contributed by atoms with Gasteiger partial charge in [-0.2, -0.15) is 0 Å². The molecule has 0 saturated carbocycles. The van der Waals surface area contributed by atoms with Crippen LogP contribution in [0.2, 0.25) is 0 Å². The number of hydrogen-bond acceptors (Lipinski definition) is 4. The average Bonchev–Trinajstić information content (AvgIpc) is 3.14. The van der Waals surface area contributed by atoms with E-state index in [1.54, 1.807) is 7.11 Å². The second kappa shape index (κ2) is 6.96. The number of rotatable bonds is 4. The predicted molar refractivity (Wildman–Crippen MR) is 108 cm³/mol. The molecule has 2 N–H and O–H groups in total. The summed E-state index contributed by atoms with van der Waals surface area (Å²) in [6.07, 6.45) is 0. The summed E-state index contributed by atoms with van der Waals surface area (Å²) in [7, 11) is 1.66. The van der Waals surface area contributed by atoms with E-state index in [0.717, 1.165) is 34.2 Å². The standard InChI is InChI=1S/C22H20N4O/c1-15-4-3-5-17(14-15)22-25-24-21(16-6-8-18(23)9-7-16)26(22)19-10-12-20(27-2)13-11-19/h3-14H,23H2,1-2H3. The normalized spacial score (nSPS) is 10.7. The third-order valence-electron chi connectivity index (χ3n) is 4.44. The first-order valence-corrected chi connectivity index (χ1v) is 8.68. The summed E-state index contributed by atoms with van der Waals surface area (Å²) in [6, 6.07) is 23.8. The monoisotopic (exact) mass is 356 g/mol. The maximum absolute atomic E-state index is 5.84. The van der Waals surface area contributed by atoms with Crippen molar-refractivity contribution in [2.75, 3.05) is 12.8 Å². The van der Waals surface area contributed by atoms with Crippen molar-refractivity contribution >= 4 is 5.69 Å². The van der Waals surface area contributed by atoms with Crippen molar-refractivity contribution in [1.29, 1.82) is 0 Å². The number of benzene rings is 3. The Morgan fingerprint density at radius 3 is 2.11 bits per heavy atom. The van der Waals surface area contributed by atoms with Gasteiger partial charge in [0.2, 0.25) is 0 Å². The lowest BCUT2D eigenvalue weighted by Crippen LogP contribution is -2.01. The molecule has 0 aliphatic carbocycles. The number of nitrogen functional groups attached to an aromatic ring is 1. The van der Waals surface area contributed by atoms with Gasteiger partial charge < -0.3 is 10.5 Å². The van der Waals surface area contributed by atoms with Crippen LogP contribution in [0.1, 0.15) is 5.56 Å². The van der Waals surface area contributed by atoms with E-state index >= 15 is 0 Å². The van der Waals surface area contributed by atoms with E-state index in [-0.39, 0.29) is 0 Å². The number of nitrogens with zero attached hydrogens (tertiary/aromatic N) is 3. The highest BCUT2D eigenvalue weighted by Crippen LogP contribution is 2.30. The Hall–Kier alpha value is -3.60. The fourth-order valence-corrected chi connectivity index (χ4v) is 3.05. The summed E-state index contributed by atoms with van der Waals surface area (Å²) in [6.45, 7) is 2.07. The summed E-state index contributed by atoms with van der Waals surface area (Å²) in [5.74, 6) is 2.35. The van der Waals surface area contributed by atoms with Gasteiger partial charge in [-0.3, -0.25) is 4.57 Å². The quantitative estimate of drug-likeness (QED) is 0.547. The third-order valence-corrected chi connectivity index (χ3v) is 4.44. The lowest BCUT2D eigenvalue weighted by molar-refractivity contribution is 0.415. The minimum atomic E-state index is 0.716. The molecule has 0 spiro atoms. The van der Waals surface area contributed by atoms with Gasteiger partial charge in [0, 0.05) is 22.5 Å². The maximum atomic E-state index is 5.84. The molecule has 0 radical (unpaired) electrons. The van der Waals surface area contributed by atoms with Crippen LogP contribution >= 0.6 is 0 Å². The summed E-state index contributed by atoms with van der Waals surface area (Å²) >= 11 is 0. The summed E-state index contributed by atoms with van der Waals surface area (Å²) in [5.41, 5.74) is 10.7. The minimum absolute atomic E-state index is 0.716. The molecule has 0 aliphatic heterocycles. The number of anilines is 1. The third kappa shape index (κ3) is 3.27. The topological polar surface area (TPSA) is 66.0 Å². The van der Waals surface area contributed by atoms with Crippen molar-refractivity contribution < 1.29 is 4.74 Å². The smallest absolute Gasteiger partial charge is 0.168 e. The predicted octanol–water partition coefficient (Wildman–Crippen LogP) is 4.50. The van der Waals surface area contributed by atoms with Gasteiger partial charge in [0.15, 0.2) is 11.6 Å². The molecule has 5 heteroatoms. The van der Waals surface area contributed by atoms with E-state index in [0.29, 0.717) is 5.69 Å². The molecule has 27 heavy (non-hydrogen) atoms. The fraction of sp³-hybridized carbons (Fsp3) is 0.0909. The van der Waals surface area contributed by atoms with Gasteiger partial charge in [0.25, 0.3) is 0 Å². The molecule has 0 atom stereocenters. The molecule has 3 aromatic carbocycles. The number of aromatic nitrogens is 3. The van der Waals surface area contributed by atoms with Crippen LogP contribution in [-0.4, -0.2) is 21.9 Å². The molecular formula is C22H20N4O. The Bertz CT molecular complexity index is 1070. The maximum Gasteiger partial charge on any atom is 0.168 e. The van der Waals surface area contributed by atoms with Gasteiger partial charge in [-0.15, -0.1) is 10.2 Å². The number of methoxy groups -OCH3 is 1. The van der Waals surface area contributed by atoms with Crippen molar-refractivity contribution in [2.45, 2.75) is 6.92 Å². The van der Waals surface area contributed by atoms with E-state index in [2.05, 4.69) is 33.8 Å². The molecule has 0 unspecified atom stereocenters. The van der Waals surface area contributed by atoms with E-state index in [4.69, 9.17) is 10.5 Å². The molecule has 0 fully saturated rings. The highest BCUT2D eigenvalue weighted by atomic mass is 16.5. The molecule has 4 rings (SSSR count). The number of hydrogen-bond donors (Lipinski definition) is 1. The minimum Gasteiger partial charge on any atom is -0.497 e. The lowest BCUT2D eigenvalue weighted by Gasteiger charge is -2.12. The Morgan fingerprint density at radius 2 is 1.48 bits per heavy atom.